The average molecular weight is 411 g/mol. The van der Waals surface area contributed by atoms with Gasteiger partial charge in [0.25, 0.3) is 0 Å². The van der Waals surface area contributed by atoms with E-state index in [1.807, 2.05) is 16.3 Å². The molecule has 0 aliphatic heterocycles. The van der Waals surface area contributed by atoms with Crippen molar-refractivity contribution in [1.82, 2.24) is 20.0 Å². The third-order valence-corrected chi connectivity index (χ3v) is 6.71. The molecule has 1 aliphatic carbocycles. The van der Waals surface area contributed by atoms with Gasteiger partial charge in [-0.3, -0.25) is 4.98 Å². The monoisotopic (exact) mass is 410 g/mol. The molecule has 7 heteroatoms. The van der Waals surface area contributed by atoms with E-state index in [9.17, 15) is 0 Å². The molecule has 0 spiro atoms. The molecule has 1 aliphatic rings. The number of fused-ring (bicyclic) bond motifs is 1. The fraction of sp³-hybridized carbons (Fsp3) is 0.150. The van der Waals surface area contributed by atoms with Crippen molar-refractivity contribution in [1.29, 1.82) is 0 Å². The molecular formula is C20H15ClN4S2. The molecule has 4 aromatic rings. The van der Waals surface area contributed by atoms with Crippen LogP contribution in [-0.4, -0.2) is 20.0 Å². The predicted octanol–water partition coefficient (Wildman–Crippen LogP) is 5.73. The van der Waals surface area contributed by atoms with Gasteiger partial charge in [-0.05, 0) is 53.4 Å². The summed E-state index contributed by atoms with van der Waals surface area (Å²) in [6.45, 7) is 0.655. The Morgan fingerprint density at radius 3 is 2.85 bits per heavy atom. The van der Waals surface area contributed by atoms with Crippen molar-refractivity contribution in [3.8, 4) is 21.8 Å². The Balaban J connectivity index is 1.42. The smallest absolute Gasteiger partial charge is 0.113 e. The number of aromatic nitrogens is 4. The van der Waals surface area contributed by atoms with Crippen LogP contribution in [0.1, 0.15) is 17.7 Å². The van der Waals surface area contributed by atoms with Crippen LogP contribution in [0.3, 0.4) is 0 Å². The Labute approximate surface area is 169 Å². The number of hydrogen-bond donors (Lipinski definition) is 0. The van der Waals surface area contributed by atoms with Crippen molar-refractivity contribution < 1.29 is 0 Å². The minimum absolute atomic E-state index is 0.655. The lowest BCUT2D eigenvalue weighted by Gasteiger charge is -2.19. The van der Waals surface area contributed by atoms with E-state index in [0.29, 0.717) is 6.54 Å². The van der Waals surface area contributed by atoms with Gasteiger partial charge >= 0.3 is 0 Å². The van der Waals surface area contributed by atoms with Crippen molar-refractivity contribution in [2.24, 2.45) is 0 Å². The summed E-state index contributed by atoms with van der Waals surface area (Å²) in [6, 6.07) is 10.4. The lowest BCUT2D eigenvalue weighted by molar-refractivity contribution is 0.623. The molecule has 0 atom stereocenters. The van der Waals surface area contributed by atoms with Crippen LogP contribution in [0.4, 0.5) is 0 Å². The summed E-state index contributed by atoms with van der Waals surface area (Å²) in [7, 11) is 0. The molecule has 0 radical (unpaired) electrons. The maximum Gasteiger partial charge on any atom is 0.113 e. The second-order valence-electron chi connectivity index (χ2n) is 6.40. The quantitative estimate of drug-likeness (QED) is 0.431. The highest BCUT2D eigenvalue weighted by atomic mass is 35.5. The van der Waals surface area contributed by atoms with E-state index in [-0.39, 0.29) is 0 Å². The second kappa shape index (κ2) is 7.03. The van der Waals surface area contributed by atoms with Gasteiger partial charge in [0.1, 0.15) is 5.69 Å². The van der Waals surface area contributed by atoms with Gasteiger partial charge in [0.15, 0.2) is 0 Å². The summed E-state index contributed by atoms with van der Waals surface area (Å²) in [5.74, 6) is 0. The molecule has 0 unspecified atom stereocenters. The van der Waals surface area contributed by atoms with E-state index in [2.05, 4.69) is 51.4 Å². The molecule has 0 fully saturated rings. The van der Waals surface area contributed by atoms with Crippen LogP contribution in [0.15, 0.2) is 58.2 Å². The Bertz CT molecular complexity index is 1110. The third-order valence-electron chi connectivity index (χ3n) is 4.67. The van der Waals surface area contributed by atoms with E-state index >= 15 is 0 Å². The van der Waals surface area contributed by atoms with Crippen molar-refractivity contribution >= 4 is 39.3 Å². The maximum atomic E-state index is 6.73. The Hall–Kier alpha value is -2.28. The second-order valence-corrected chi connectivity index (χ2v) is 8.50. The zero-order valence-electron chi connectivity index (χ0n) is 14.3. The van der Waals surface area contributed by atoms with Gasteiger partial charge in [0.05, 0.1) is 34.0 Å². The van der Waals surface area contributed by atoms with Crippen LogP contribution in [-0.2, 0) is 13.0 Å². The summed E-state index contributed by atoms with van der Waals surface area (Å²) in [4.78, 5) is 6.03. The van der Waals surface area contributed by atoms with Crippen LogP contribution in [0.25, 0.3) is 26.9 Å². The maximum absolute atomic E-state index is 6.73. The van der Waals surface area contributed by atoms with Crippen LogP contribution >= 0.6 is 34.3 Å². The molecule has 4 heterocycles. The largest absolute Gasteiger partial charge is 0.251 e. The minimum atomic E-state index is 0.655. The van der Waals surface area contributed by atoms with Gasteiger partial charge in [-0.1, -0.05) is 22.9 Å². The first-order valence-electron chi connectivity index (χ1n) is 8.62. The first-order chi connectivity index (χ1) is 13.3. The zero-order valence-corrected chi connectivity index (χ0v) is 16.7. The number of thiophene rings is 2. The summed E-state index contributed by atoms with van der Waals surface area (Å²) in [5, 5.41) is 15.5. The summed E-state index contributed by atoms with van der Waals surface area (Å²) in [5.41, 5.74) is 6.31. The van der Waals surface area contributed by atoms with E-state index in [1.165, 1.54) is 10.5 Å². The highest BCUT2D eigenvalue weighted by Crippen LogP contribution is 2.36. The molecule has 27 heavy (non-hydrogen) atoms. The van der Waals surface area contributed by atoms with E-state index in [4.69, 9.17) is 16.6 Å². The van der Waals surface area contributed by atoms with Crippen molar-refractivity contribution in [3.63, 3.8) is 0 Å². The molecule has 0 N–H and O–H groups in total. The molecule has 4 aromatic heterocycles. The predicted molar refractivity (Wildman–Crippen MR) is 112 cm³/mol. The highest BCUT2D eigenvalue weighted by molar-refractivity contribution is 7.13. The van der Waals surface area contributed by atoms with Gasteiger partial charge in [-0.15, -0.1) is 16.4 Å². The first kappa shape index (κ1) is 16.9. The number of nitrogens with zero attached hydrogens (tertiary/aromatic N) is 4. The normalized spacial score (nSPS) is 13.8. The molecule has 0 saturated carbocycles. The van der Waals surface area contributed by atoms with E-state index < -0.39 is 0 Å². The van der Waals surface area contributed by atoms with Gasteiger partial charge in [0, 0.05) is 16.5 Å². The van der Waals surface area contributed by atoms with Crippen molar-refractivity contribution in [2.75, 3.05) is 0 Å². The lowest BCUT2D eigenvalue weighted by Crippen LogP contribution is -2.10. The number of allylic oxidation sites excluding steroid dienone is 1. The highest BCUT2D eigenvalue weighted by Gasteiger charge is 2.20. The van der Waals surface area contributed by atoms with Gasteiger partial charge in [0.2, 0.25) is 0 Å². The molecule has 0 saturated heterocycles. The Morgan fingerprint density at radius 1 is 1.07 bits per heavy atom. The standard InChI is InChI=1S/C20H15ClN4S2/c21-20-13(10-25-11-18(23-24-25)14-7-9-26-12-14)3-5-16-15(20)4-6-17(22-16)19-2-1-8-27-19/h1-2,4,6-9,11-12H,3,5,10H2. The van der Waals surface area contributed by atoms with E-state index in [1.54, 1.807) is 22.7 Å². The number of rotatable bonds is 4. The topological polar surface area (TPSA) is 43.6 Å². The van der Waals surface area contributed by atoms with E-state index in [0.717, 1.165) is 46.1 Å². The fourth-order valence-corrected chi connectivity index (χ4v) is 4.96. The molecule has 0 bridgehead atoms. The van der Waals surface area contributed by atoms with Gasteiger partial charge < -0.3 is 0 Å². The Kier molecular flexibility index (Phi) is 4.39. The molecule has 5 rings (SSSR count). The third kappa shape index (κ3) is 3.25. The number of hydrogen-bond acceptors (Lipinski definition) is 5. The molecule has 134 valence electrons. The SMILES string of the molecule is ClC1=C(Cn2cc(-c3ccsc3)nn2)CCc2nc(-c3cccs3)ccc21. The van der Waals surface area contributed by atoms with Gasteiger partial charge in [-0.25, -0.2) is 4.68 Å². The molecule has 0 amide bonds. The van der Waals surface area contributed by atoms with Crippen LogP contribution in [0.5, 0.6) is 0 Å². The molecular weight excluding hydrogens is 396 g/mol. The fourth-order valence-electron chi connectivity index (χ4n) is 3.28. The van der Waals surface area contributed by atoms with Crippen LogP contribution in [0, 0.1) is 0 Å². The van der Waals surface area contributed by atoms with Crippen LogP contribution in [0.2, 0.25) is 0 Å². The van der Waals surface area contributed by atoms with Crippen molar-refractivity contribution in [3.05, 3.63) is 69.5 Å². The first-order valence-corrected chi connectivity index (χ1v) is 10.8. The zero-order chi connectivity index (χ0) is 18.2. The minimum Gasteiger partial charge on any atom is -0.251 e. The van der Waals surface area contributed by atoms with Gasteiger partial charge in [-0.2, -0.15) is 11.3 Å². The summed E-state index contributed by atoms with van der Waals surface area (Å²) in [6.07, 6.45) is 3.76. The molecule has 4 nitrogen and oxygen atoms in total. The molecule has 0 aromatic carbocycles. The number of aryl methyl sites for hydroxylation is 1. The average Bonchev–Trinajstić information content (AvgIpc) is 3.46. The summed E-state index contributed by atoms with van der Waals surface area (Å²) >= 11 is 10.1. The lowest BCUT2D eigenvalue weighted by atomic mass is 9.95. The van der Waals surface area contributed by atoms with Crippen molar-refractivity contribution in [2.45, 2.75) is 19.4 Å². The number of pyridine rings is 1. The Morgan fingerprint density at radius 2 is 2.04 bits per heavy atom. The summed E-state index contributed by atoms with van der Waals surface area (Å²) < 4.78 is 1.86. The van der Waals surface area contributed by atoms with Crippen LogP contribution < -0.4 is 0 Å². The number of halogens is 1.